The summed E-state index contributed by atoms with van der Waals surface area (Å²) in [5.41, 5.74) is 4.95. The quantitative estimate of drug-likeness (QED) is 0.319. The number of fused-ring (bicyclic) bond motifs is 1. The zero-order valence-corrected chi connectivity index (χ0v) is 19.4. The van der Waals surface area contributed by atoms with Crippen LogP contribution < -0.4 is 5.32 Å². The van der Waals surface area contributed by atoms with E-state index in [-0.39, 0.29) is 12.2 Å². The first-order valence-electron chi connectivity index (χ1n) is 11.6. The summed E-state index contributed by atoms with van der Waals surface area (Å²) in [7, 11) is 0. The molecule has 0 amide bonds. The van der Waals surface area contributed by atoms with E-state index in [4.69, 9.17) is 9.15 Å². The zero-order chi connectivity index (χ0) is 24.4. The fourth-order valence-electron chi connectivity index (χ4n) is 4.45. The standard InChI is InChI=1S/C28H26N2O5/c1-18-2-11-25-23(16-18)30-27(35-25)29-22-9-7-20(8-10-22)19-3-5-21(6-4-19)24(31)17-28(26(32)33)12-14-34-15-13-28/h2-11,16H,12-15,17H2,1H3,(H,29,30)(H,32,33). The number of carbonyl (C=O) groups excluding carboxylic acids is 1. The van der Waals surface area contributed by atoms with Gasteiger partial charge < -0.3 is 19.6 Å². The molecule has 2 heterocycles. The minimum atomic E-state index is -1.04. The van der Waals surface area contributed by atoms with Crippen LogP contribution in [0.4, 0.5) is 11.7 Å². The third kappa shape index (κ3) is 4.81. The average Bonchev–Trinajstić information content (AvgIpc) is 3.26. The maximum atomic E-state index is 12.8. The summed E-state index contributed by atoms with van der Waals surface area (Å²) < 4.78 is 11.1. The molecule has 0 spiro atoms. The molecule has 0 aliphatic carbocycles. The van der Waals surface area contributed by atoms with E-state index in [0.717, 1.165) is 33.5 Å². The Morgan fingerprint density at radius 2 is 1.63 bits per heavy atom. The molecule has 4 aromatic rings. The van der Waals surface area contributed by atoms with Crippen LogP contribution in [0.5, 0.6) is 0 Å². The molecule has 3 aromatic carbocycles. The SMILES string of the molecule is Cc1ccc2oc(Nc3ccc(-c4ccc(C(=O)CC5(C(=O)O)CCOCC5)cc4)cc3)nc2c1. The number of aromatic nitrogens is 1. The lowest BCUT2D eigenvalue weighted by atomic mass is 9.75. The average molecular weight is 471 g/mol. The van der Waals surface area contributed by atoms with E-state index in [1.54, 1.807) is 12.1 Å². The molecule has 1 aromatic heterocycles. The molecule has 0 atom stereocenters. The maximum Gasteiger partial charge on any atom is 0.310 e. The van der Waals surface area contributed by atoms with Crippen molar-refractivity contribution in [3.05, 3.63) is 77.9 Å². The first-order valence-corrected chi connectivity index (χ1v) is 11.6. The van der Waals surface area contributed by atoms with Crippen molar-refractivity contribution in [2.24, 2.45) is 5.41 Å². The van der Waals surface area contributed by atoms with Gasteiger partial charge in [0.1, 0.15) is 5.52 Å². The number of nitrogens with zero attached hydrogens (tertiary/aromatic N) is 1. The second-order valence-electron chi connectivity index (χ2n) is 9.07. The van der Waals surface area contributed by atoms with Crippen LogP contribution >= 0.6 is 0 Å². The fraction of sp³-hybridized carbons (Fsp3) is 0.250. The summed E-state index contributed by atoms with van der Waals surface area (Å²) in [6, 6.07) is 21.4. The predicted octanol–water partition coefficient (Wildman–Crippen LogP) is 6.00. The van der Waals surface area contributed by atoms with Gasteiger partial charge in [-0.1, -0.05) is 42.5 Å². The number of ether oxygens (including phenoxy) is 1. The smallest absolute Gasteiger partial charge is 0.310 e. The van der Waals surface area contributed by atoms with E-state index < -0.39 is 11.4 Å². The summed E-state index contributed by atoms with van der Waals surface area (Å²) in [6.07, 6.45) is 0.701. The van der Waals surface area contributed by atoms with Crippen molar-refractivity contribution in [2.45, 2.75) is 26.2 Å². The topological polar surface area (TPSA) is 102 Å². The van der Waals surface area contributed by atoms with Crippen LogP contribution in [0.1, 0.15) is 35.2 Å². The fourth-order valence-corrected chi connectivity index (χ4v) is 4.45. The second kappa shape index (κ2) is 9.35. The first kappa shape index (κ1) is 22.8. The largest absolute Gasteiger partial charge is 0.481 e. The Labute approximate surface area is 202 Å². The molecule has 7 heteroatoms. The normalized spacial score (nSPS) is 15.1. The number of oxazole rings is 1. The van der Waals surface area contributed by atoms with Gasteiger partial charge in [-0.3, -0.25) is 9.59 Å². The van der Waals surface area contributed by atoms with Crippen LogP contribution in [0.25, 0.3) is 22.2 Å². The summed E-state index contributed by atoms with van der Waals surface area (Å²) in [4.78, 5) is 29.2. The third-order valence-corrected chi connectivity index (χ3v) is 6.62. The Balaban J connectivity index is 1.26. The number of rotatable bonds is 7. The molecule has 35 heavy (non-hydrogen) atoms. The van der Waals surface area contributed by atoms with E-state index in [2.05, 4.69) is 10.3 Å². The monoisotopic (exact) mass is 470 g/mol. The van der Waals surface area contributed by atoms with Gasteiger partial charge in [0.25, 0.3) is 6.01 Å². The second-order valence-corrected chi connectivity index (χ2v) is 9.07. The van der Waals surface area contributed by atoms with E-state index in [1.165, 1.54) is 0 Å². The first-order chi connectivity index (χ1) is 16.9. The number of hydrogen-bond donors (Lipinski definition) is 2. The number of hydrogen-bond acceptors (Lipinski definition) is 6. The number of anilines is 2. The molecule has 7 nitrogen and oxygen atoms in total. The summed E-state index contributed by atoms with van der Waals surface area (Å²) in [5.74, 6) is -1.08. The Morgan fingerprint density at radius 3 is 2.29 bits per heavy atom. The van der Waals surface area contributed by atoms with Crippen molar-refractivity contribution in [2.75, 3.05) is 18.5 Å². The number of nitrogens with one attached hydrogen (secondary N) is 1. The van der Waals surface area contributed by atoms with E-state index in [0.29, 0.717) is 37.6 Å². The molecule has 1 fully saturated rings. The van der Waals surface area contributed by atoms with Gasteiger partial charge in [-0.2, -0.15) is 4.98 Å². The Hall–Kier alpha value is -3.97. The zero-order valence-electron chi connectivity index (χ0n) is 19.4. The van der Waals surface area contributed by atoms with Crippen LogP contribution in [0.3, 0.4) is 0 Å². The van der Waals surface area contributed by atoms with Crippen molar-refractivity contribution < 1.29 is 23.8 Å². The summed E-state index contributed by atoms with van der Waals surface area (Å²) >= 11 is 0. The van der Waals surface area contributed by atoms with Gasteiger partial charge in [-0.15, -0.1) is 0 Å². The molecule has 178 valence electrons. The van der Waals surface area contributed by atoms with Gasteiger partial charge in [-0.05, 0) is 60.7 Å². The van der Waals surface area contributed by atoms with Crippen LogP contribution in [-0.2, 0) is 9.53 Å². The van der Waals surface area contributed by atoms with Gasteiger partial charge in [0.05, 0.1) is 5.41 Å². The minimum absolute atomic E-state index is 0.0131. The molecule has 1 saturated heterocycles. The number of ketones is 1. The van der Waals surface area contributed by atoms with Crippen LogP contribution in [0.15, 0.2) is 71.1 Å². The Morgan fingerprint density at radius 1 is 0.971 bits per heavy atom. The van der Waals surface area contributed by atoms with Crippen LogP contribution in [0, 0.1) is 12.3 Å². The van der Waals surface area contributed by atoms with Crippen LogP contribution in [-0.4, -0.2) is 35.1 Å². The van der Waals surface area contributed by atoms with E-state index in [9.17, 15) is 14.7 Å². The number of Topliss-reactive ketones (excluding diaryl/α,β-unsaturated/α-hetero) is 1. The van der Waals surface area contributed by atoms with E-state index >= 15 is 0 Å². The van der Waals surface area contributed by atoms with E-state index in [1.807, 2.05) is 61.5 Å². The van der Waals surface area contributed by atoms with Gasteiger partial charge >= 0.3 is 5.97 Å². The summed E-state index contributed by atoms with van der Waals surface area (Å²) in [6.45, 7) is 2.76. The highest BCUT2D eigenvalue weighted by Gasteiger charge is 2.42. The number of aryl methyl sites for hydroxylation is 1. The molecule has 2 N–H and O–H groups in total. The number of carboxylic acid groups (broad SMARTS) is 1. The molecule has 5 rings (SSSR count). The van der Waals surface area contributed by atoms with Crippen molar-refractivity contribution in [1.82, 2.24) is 4.98 Å². The molecular formula is C28H26N2O5. The summed E-state index contributed by atoms with van der Waals surface area (Å²) in [5, 5.41) is 12.9. The highest BCUT2D eigenvalue weighted by atomic mass is 16.5. The third-order valence-electron chi connectivity index (χ3n) is 6.62. The molecule has 0 bridgehead atoms. The number of benzene rings is 3. The lowest BCUT2D eigenvalue weighted by molar-refractivity contribution is -0.154. The highest BCUT2D eigenvalue weighted by Crippen LogP contribution is 2.36. The van der Waals surface area contributed by atoms with Crippen molar-refractivity contribution in [3.63, 3.8) is 0 Å². The van der Waals surface area contributed by atoms with Gasteiger partial charge in [0.2, 0.25) is 0 Å². The van der Waals surface area contributed by atoms with Crippen molar-refractivity contribution in [3.8, 4) is 11.1 Å². The predicted molar refractivity (Wildman–Crippen MR) is 133 cm³/mol. The Bertz CT molecular complexity index is 1370. The molecule has 1 aliphatic heterocycles. The van der Waals surface area contributed by atoms with Gasteiger partial charge in [-0.25, -0.2) is 0 Å². The minimum Gasteiger partial charge on any atom is -0.481 e. The molecule has 0 unspecified atom stereocenters. The highest BCUT2D eigenvalue weighted by molar-refractivity contribution is 5.99. The number of carboxylic acids is 1. The molecular weight excluding hydrogens is 444 g/mol. The lowest BCUT2D eigenvalue weighted by Crippen LogP contribution is -2.39. The number of carbonyl (C=O) groups is 2. The lowest BCUT2D eigenvalue weighted by Gasteiger charge is -2.32. The Kier molecular flexibility index (Phi) is 6.09. The maximum absolute atomic E-state index is 12.8. The van der Waals surface area contributed by atoms with Crippen molar-refractivity contribution in [1.29, 1.82) is 0 Å². The van der Waals surface area contributed by atoms with Gasteiger partial charge in [0.15, 0.2) is 11.4 Å². The molecule has 1 aliphatic rings. The van der Waals surface area contributed by atoms with Gasteiger partial charge in [0, 0.05) is 30.9 Å². The molecule has 0 saturated carbocycles. The molecule has 0 radical (unpaired) electrons. The number of aliphatic carboxylic acids is 1. The van der Waals surface area contributed by atoms with Crippen molar-refractivity contribution >= 4 is 34.6 Å². The van der Waals surface area contributed by atoms with Crippen LogP contribution in [0.2, 0.25) is 0 Å².